The van der Waals surface area contributed by atoms with Crippen LogP contribution in [0.15, 0.2) is 29.4 Å². The highest BCUT2D eigenvalue weighted by atomic mass is 79.9. The van der Waals surface area contributed by atoms with Crippen LogP contribution in [0.25, 0.3) is 10.7 Å². The van der Waals surface area contributed by atoms with Crippen molar-refractivity contribution in [1.29, 1.82) is 0 Å². The first-order valence-electron chi connectivity index (χ1n) is 5.10. The number of H-pyrrole nitrogens is 1. The molecule has 0 saturated carbocycles. The van der Waals surface area contributed by atoms with E-state index in [4.69, 9.17) is 0 Å². The molecule has 3 heterocycles. The van der Waals surface area contributed by atoms with Gasteiger partial charge in [-0.25, -0.2) is 15.0 Å². The van der Waals surface area contributed by atoms with Crippen LogP contribution in [-0.4, -0.2) is 26.2 Å². The molecule has 21 heavy (non-hydrogen) atoms. The van der Waals surface area contributed by atoms with Crippen molar-refractivity contribution in [3.05, 3.63) is 34.3 Å². The van der Waals surface area contributed by atoms with Crippen molar-refractivity contribution < 1.29 is 4.79 Å². The van der Waals surface area contributed by atoms with Crippen LogP contribution in [0.5, 0.6) is 0 Å². The monoisotopic (exact) mass is 576 g/mol. The molecule has 11 heteroatoms. The number of hydrogen-bond acceptors (Lipinski definition) is 6. The molecule has 0 spiro atoms. The predicted octanol–water partition coefficient (Wildman–Crippen LogP) is 5.54. The zero-order chi connectivity index (χ0) is 15.4. The molecular weight excluding hydrogens is 576 g/mol. The molecule has 0 aliphatic heterocycles. The van der Waals surface area contributed by atoms with E-state index in [1.54, 1.807) is 12.4 Å². The first kappa shape index (κ1) is 17.4. The lowest BCUT2D eigenvalue weighted by molar-refractivity contribution is 0.112. The second-order valence-corrected chi connectivity index (χ2v) is 9.35. The van der Waals surface area contributed by atoms with Gasteiger partial charge in [-0.05, 0) is 63.7 Å². The van der Waals surface area contributed by atoms with Crippen molar-refractivity contribution in [3.63, 3.8) is 0 Å². The fourth-order valence-corrected chi connectivity index (χ4v) is 5.51. The third-order valence-electron chi connectivity index (χ3n) is 1.96. The van der Waals surface area contributed by atoms with E-state index in [2.05, 4.69) is 83.7 Å². The number of nitrogens with one attached hydrogen (secondary N) is 1. The summed E-state index contributed by atoms with van der Waals surface area (Å²) in [7, 11) is 0. The summed E-state index contributed by atoms with van der Waals surface area (Å²) in [4.78, 5) is 27.0. The SMILES string of the molecule is Brc1nc(Br)c(-c2ncc[nH]2)s1.O=Cc1sc(Br)nc1Br. The summed E-state index contributed by atoms with van der Waals surface area (Å²) in [5.41, 5.74) is 0. The molecule has 0 radical (unpaired) electrons. The van der Waals surface area contributed by atoms with Crippen molar-refractivity contribution >= 4 is 92.7 Å². The Morgan fingerprint density at radius 2 is 1.71 bits per heavy atom. The Morgan fingerprint density at radius 1 is 1.05 bits per heavy atom. The molecule has 0 unspecified atom stereocenters. The van der Waals surface area contributed by atoms with E-state index in [1.807, 2.05) is 0 Å². The lowest BCUT2D eigenvalue weighted by Gasteiger charge is -1.88. The van der Waals surface area contributed by atoms with Gasteiger partial charge in [-0.15, -0.1) is 22.7 Å². The fraction of sp³-hybridized carbons (Fsp3) is 0. The van der Waals surface area contributed by atoms with Crippen LogP contribution in [0.2, 0.25) is 0 Å². The van der Waals surface area contributed by atoms with E-state index >= 15 is 0 Å². The maximum Gasteiger partial charge on any atom is 0.162 e. The third-order valence-corrected chi connectivity index (χ3v) is 6.61. The van der Waals surface area contributed by atoms with Crippen LogP contribution in [-0.2, 0) is 0 Å². The van der Waals surface area contributed by atoms with Gasteiger partial charge in [-0.2, -0.15) is 0 Å². The number of carbonyl (C=O) groups excluding carboxylic acids is 1. The molecule has 3 rings (SSSR count). The average Bonchev–Trinajstić information content (AvgIpc) is 3.11. The Balaban J connectivity index is 0.000000161. The summed E-state index contributed by atoms with van der Waals surface area (Å²) in [6.45, 7) is 0. The molecule has 0 aromatic carbocycles. The van der Waals surface area contributed by atoms with E-state index in [0.29, 0.717) is 9.48 Å². The van der Waals surface area contributed by atoms with Gasteiger partial charge in [-0.1, -0.05) is 0 Å². The maximum atomic E-state index is 10.2. The number of halogens is 4. The minimum absolute atomic E-state index is 0.606. The molecule has 3 aromatic rings. The van der Waals surface area contributed by atoms with Gasteiger partial charge in [0.1, 0.15) is 24.8 Å². The summed E-state index contributed by atoms with van der Waals surface area (Å²) in [5.74, 6) is 0.838. The smallest absolute Gasteiger partial charge is 0.162 e. The van der Waals surface area contributed by atoms with Crippen molar-refractivity contribution in [2.24, 2.45) is 0 Å². The highest BCUT2D eigenvalue weighted by Crippen LogP contribution is 2.33. The number of rotatable bonds is 2. The van der Waals surface area contributed by atoms with E-state index in [0.717, 1.165) is 29.4 Å². The second-order valence-electron chi connectivity index (χ2n) is 3.26. The molecule has 1 N–H and O–H groups in total. The Bertz CT molecular complexity index is 740. The van der Waals surface area contributed by atoms with Crippen molar-refractivity contribution in [2.75, 3.05) is 0 Å². The maximum absolute atomic E-state index is 10.2. The summed E-state index contributed by atoms with van der Waals surface area (Å²) in [6.07, 6.45) is 4.28. The number of thiazole rings is 2. The van der Waals surface area contributed by atoms with Crippen molar-refractivity contribution in [2.45, 2.75) is 0 Å². The molecule has 0 atom stereocenters. The summed E-state index contributed by atoms with van der Waals surface area (Å²) in [5, 5.41) is 0. The average molecular weight is 580 g/mol. The molecule has 0 amide bonds. The highest BCUT2D eigenvalue weighted by molar-refractivity contribution is 9.11. The molecule has 110 valence electrons. The molecule has 0 aliphatic carbocycles. The number of nitrogens with zero attached hydrogens (tertiary/aromatic N) is 3. The Labute approximate surface area is 161 Å². The molecular formula is C10H4Br4N4OS2. The molecule has 3 aromatic heterocycles. The standard InChI is InChI=1S/C6H3Br2N3S.C4HBr2NOS/c7-4-3(12-6(8)11-4)5-9-1-2-10-5;5-3-2(1-8)9-4(6)7-3/h1-2H,(H,9,10);1H. The van der Waals surface area contributed by atoms with Crippen LogP contribution >= 0.6 is 86.4 Å². The van der Waals surface area contributed by atoms with E-state index in [1.165, 1.54) is 22.7 Å². The number of hydrogen-bond donors (Lipinski definition) is 1. The van der Waals surface area contributed by atoms with Gasteiger partial charge in [0.05, 0.1) is 0 Å². The first-order chi connectivity index (χ1) is 10.0. The van der Waals surface area contributed by atoms with Crippen molar-refractivity contribution in [3.8, 4) is 10.7 Å². The van der Waals surface area contributed by atoms with Gasteiger partial charge < -0.3 is 4.98 Å². The number of imidazole rings is 1. The van der Waals surface area contributed by atoms with E-state index in [-0.39, 0.29) is 0 Å². The normalized spacial score (nSPS) is 10.1. The topological polar surface area (TPSA) is 71.5 Å². The molecule has 0 fully saturated rings. The molecule has 0 aliphatic rings. The van der Waals surface area contributed by atoms with Crippen LogP contribution in [0.3, 0.4) is 0 Å². The summed E-state index contributed by atoms with van der Waals surface area (Å²) >= 11 is 15.8. The quantitative estimate of drug-likeness (QED) is 0.405. The molecule has 5 nitrogen and oxygen atoms in total. The zero-order valence-corrected chi connectivity index (χ0v) is 17.8. The molecule has 0 saturated heterocycles. The number of aldehydes is 1. The van der Waals surface area contributed by atoms with E-state index in [9.17, 15) is 4.79 Å². The second kappa shape index (κ2) is 8.06. The lowest BCUT2D eigenvalue weighted by atomic mass is 10.5. The van der Waals surface area contributed by atoms with Crippen LogP contribution in [0.1, 0.15) is 9.67 Å². The summed E-state index contributed by atoms with van der Waals surface area (Å²) in [6, 6.07) is 0. The number of aromatic amines is 1. The van der Waals surface area contributed by atoms with Crippen LogP contribution in [0.4, 0.5) is 0 Å². The predicted molar refractivity (Wildman–Crippen MR) is 98.0 cm³/mol. The van der Waals surface area contributed by atoms with Gasteiger partial charge in [0.25, 0.3) is 0 Å². The number of aromatic nitrogens is 4. The van der Waals surface area contributed by atoms with Crippen LogP contribution in [0, 0.1) is 0 Å². The van der Waals surface area contributed by atoms with Gasteiger partial charge in [0, 0.05) is 12.4 Å². The third kappa shape index (κ3) is 4.76. The Hall–Kier alpha value is 0.0600. The fourth-order valence-electron chi connectivity index (χ4n) is 1.17. The van der Waals surface area contributed by atoms with Gasteiger partial charge in [-0.3, -0.25) is 4.79 Å². The Morgan fingerprint density at radius 3 is 2.10 bits per heavy atom. The van der Waals surface area contributed by atoms with Gasteiger partial charge in [0.2, 0.25) is 0 Å². The van der Waals surface area contributed by atoms with E-state index < -0.39 is 0 Å². The Kier molecular flexibility index (Phi) is 6.69. The highest BCUT2D eigenvalue weighted by Gasteiger charge is 2.10. The summed E-state index contributed by atoms with van der Waals surface area (Å²) < 4.78 is 2.99. The minimum Gasteiger partial charge on any atom is -0.344 e. The van der Waals surface area contributed by atoms with Gasteiger partial charge in [0.15, 0.2) is 14.1 Å². The molecule has 0 bridgehead atoms. The van der Waals surface area contributed by atoms with Crippen LogP contribution < -0.4 is 0 Å². The first-order valence-corrected chi connectivity index (χ1v) is 9.90. The minimum atomic E-state index is 0.606. The largest absolute Gasteiger partial charge is 0.344 e. The zero-order valence-electron chi connectivity index (χ0n) is 9.81. The number of carbonyl (C=O) groups is 1. The van der Waals surface area contributed by atoms with Crippen molar-refractivity contribution in [1.82, 2.24) is 19.9 Å². The lowest BCUT2D eigenvalue weighted by Crippen LogP contribution is -1.75. The van der Waals surface area contributed by atoms with Gasteiger partial charge >= 0.3 is 0 Å².